The van der Waals surface area contributed by atoms with E-state index in [1.54, 1.807) is 34.6 Å². The Kier molecular flexibility index (Phi) is 10.9. The molecule has 0 aliphatic heterocycles. The van der Waals surface area contributed by atoms with Gasteiger partial charge in [0.05, 0.1) is 18.8 Å². The molecule has 8 nitrogen and oxygen atoms in total. The summed E-state index contributed by atoms with van der Waals surface area (Å²) < 4.78 is 17.8. The van der Waals surface area contributed by atoms with Gasteiger partial charge in [-0.1, -0.05) is 81.4 Å². The van der Waals surface area contributed by atoms with Crippen LogP contribution in [0.2, 0.25) is 5.04 Å². The minimum atomic E-state index is -2.97. The number of hydrogen-bond acceptors (Lipinski definition) is 6. The number of ether oxygens (including phenoxy) is 2. The lowest BCUT2D eigenvalue weighted by atomic mass is 9.94. The van der Waals surface area contributed by atoms with Gasteiger partial charge < -0.3 is 24.5 Å². The van der Waals surface area contributed by atoms with Crippen molar-refractivity contribution in [3.8, 4) is 0 Å². The first-order chi connectivity index (χ1) is 18.2. The molecule has 0 fully saturated rings. The molecule has 0 aliphatic rings. The summed E-state index contributed by atoms with van der Waals surface area (Å²) in [6, 6.07) is 19.3. The minimum absolute atomic E-state index is 0.0298. The van der Waals surface area contributed by atoms with E-state index in [-0.39, 0.29) is 24.7 Å². The summed E-state index contributed by atoms with van der Waals surface area (Å²) in [6.07, 6.45) is -0.162. The van der Waals surface area contributed by atoms with Gasteiger partial charge in [-0.3, -0.25) is 4.79 Å². The number of esters is 1. The van der Waals surface area contributed by atoms with Crippen molar-refractivity contribution >= 4 is 37.2 Å². The smallest absolute Gasteiger partial charge is 0.408 e. The second-order valence-electron chi connectivity index (χ2n) is 11.9. The number of amides is 2. The van der Waals surface area contributed by atoms with E-state index in [4.69, 9.17) is 13.9 Å². The molecule has 2 aromatic carbocycles. The molecule has 2 atom stereocenters. The van der Waals surface area contributed by atoms with Crippen molar-refractivity contribution in [3.05, 3.63) is 60.7 Å². The van der Waals surface area contributed by atoms with Gasteiger partial charge in [-0.05, 0) is 50.0 Å². The molecule has 39 heavy (non-hydrogen) atoms. The highest BCUT2D eigenvalue weighted by molar-refractivity contribution is 6.99. The SMILES string of the molecule is CCOC(=O)[C@H](C[C@](C)(CO[Si](c1ccccc1)(c1ccccc1)C(C)(C)C)NC(=O)OC(C)(C)C)NC=O. The highest BCUT2D eigenvalue weighted by Gasteiger charge is 2.51. The lowest BCUT2D eigenvalue weighted by Crippen LogP contribution is -2.68. The van der Waals surface area contributed by atoms with Crippen LogP contribution in [0.1, 0.15) is 61.8 Å². The second-order valence-corrected chi connectivity index (χ2v) is 16.2. The van der Waals surface area contributed by atoms with Crippen LogP contribution in [0, 0.1) is 0 Å². The molecule has 0 heterocycles. The standard InChI is InChI=1S/C30H44N2O6Si/c1-9-36-26(34)25(31-22-33)20-30(8,32-27(35)38-28(2,3)4)21-37-39(29(5,6)7,23-16-12-10-13-17-23)24-18-14-11-15-19-24/h10-19,22,25H,9,20-21H2,1-8H3,(H,31,33)(H,32,35)/t25-,30+/m0/s1. The first kappa shape index (κ1) is 32.0. The van der Waals surface area contributed by atoms with E-state index in [2.05, 4.69) is 55.7 Å². The molecule has 2 rings (SSSR count). The van der Waals surface area contributed by atoms with E-state index >= 15 is 0 Å². The van der Waals surface area contributed by atoms with Crippen molar-refractivity contribution in [2.24, 2.45) is 0 Å². The molecule has 2 amide bonds. The van der Waals surface area contributed by atoms with Gasteiger partial charge in [-0.2, -0.15) is 0 Å². The van der Waals surface area contributed by atoms with E-state index in [1.807, 2.05) is 36.4 Å². The molecule has 0 saturated carbocycles. The first-order valence-electron chi connectivity index (χ1n) is 13.3. The highest BCUT2D eigenvalue weighted by Crippen LogP contribution is 2.37. The van der Waals surface area contributed by atoms with E-state index in [9.17, 15) is 14.4 Å². The van der Waals surface area contributed by atoms with Gasteiger partial charge in [-0.15, -0.1) is 0 Å². The van der Waals surface area contributed by atoms with E-state index in [1.165, 1.54) is 0 Å². The minimum Gasteiger partial charge on any atom is -0.464 e. The average Bonchev–Trinajstić information content (AvgIpc) is 2.83. The zero-order valence-corrected chi connectivity index (χ0v) is 25.5. The van der Waals surface area contributed by atoms with Gasteiger partial charge in [0, 0.05) is 6.42 Å². The quantitative estimate of drug-likeness (QED) is 0.233. The maximum atomic E-state index is 13.0. The first-order valence-corrected chi connectivity index (χ1v) is 15.2. The van der Waals surface area contributed by atoms with Crippen LogP contribution < -0.4 is 21.0 Å². The monoisotopic (exact) mass is 556 g/mol. The fraction of sp³-hybridized carbons (Fsp3) is 0.500. The molecular weight excluding hydrogens is 512 g/mol. The molecule has 0 bridgehead atoms. The lowest BCUT2D eigenvalue weighted by Gasteiger charge is -2.45. The van der Waals surface area contributed by atoms with Crippen molar-refractivity contribution in [3.63, 3.8) is 0 Å². The number of rotatable bonds is 12. The zero-order valence-electron chi connectivity index (χ0n) is 24.5. The fourth-order valence-electron chi connectivity index (χ4n) is 4.71. The third-order valence-electron chi connectivity index (χ3n) is 6.32. The van der Waals surface area contributed by atoms with Crippen LogP contribution in [-0.4, -0.2) is 57.2 Å². The summed E-state index contributed by atoms with van der Waals surface area (Å²) in [5.74, 6) is -0.590. The van der Waals surface area contributed by atoms with Crippen LogP contribution >= 0.6 is 0 Å². The van der Waals surface area contributed by atoms with E-state index in [0.717, 1.165) is 10.4 Å². The van der Waals surface area contributed by atoms with Crippen LogP contribution in [-0.2, 0) is 23.5 Å². The summed E-state index contributed by atoms with van der Waals surface area (Å²) in [6.45, 7) is 15.5. The normalized spacial score (nSPS) is 14.5. The summed E-state index contributed by atoms with van der Waals surface area (Å²) in [7, 11) is -2.97. The number of hydrogen-bond donors (Lipinski definition) is 2. The van der Waals surface area contributed by atoms with Crippen molar-refractivity contribution in [1.29, 1.82) is 0 Å². The van der Waals surface area contributed by atoms with Crippen molar-refractivity contribution in [1.82, 2.24) is 10.6 Å². The topological polar surface area (TPSA) is 103 Å². The van der Waals surface area contributed by atoms with Gasteiger partial charge in [0.2, 0.25) is 6.41 Å². The third-order valence-corrected chi connectivity index (χ3v) is 11.3. The number of alkyl carbamates (subject to hydrolysis) is 1. The predicted molar refractivity (Wildman–Crippen MR) is 156 cm³/mol. The van der Waals surface area contributed by atoms with Crippen LogP contribution in [0.15, 0.2) is 60.7 Å². The largest absolute Gasteiger partial charge is 0.464 e. The Balaban J connectivity index is 2.59. The van der Waals surface area contributed by atoms with Crippen molar-refractivity contribution < 1.29 is 28.3 Å². The molecule has 0 spiro atoms. The maximum absolute atomic E-state index is 13.0. The van der Waals surface area contributed by atoms with Crippen LogP contribution in [0.5, 0.6) is 0 Å². The summed E-state index contributed by atoms with van der Waals surface area (Å²) in [5.41, 5.74) is -1.84. The molecular formula is C30H44N2O6Si. The Morgan fingerprint density at radius 1 is 0.897 bits per heavy atom. The average molecular weight is 557 g/mol. The second kappa shape index (κ2) is 13.3. The summed E-state index contributed by atoms with van der Waals surface area (Å²) in [5, 5.41) is 7.34. The molecule has 0 aliphatic carbocycles. The number of carbonyl (C=O) groups excluding carboxylic acids is 3. The summed E-state index contributed by atoms with van der Waals surface area (Å²) >= 11 is 0. The number of carbonyl (C=O) groups is 3. The van der Waals surface area contributed by atoms with Crippen molar-refractivity contribution in [2.75, 3.05) is 13.2 Å². The molecule has 0 unspecified atom stereocenters. The Morgan fingerprint density at radius 2 is 1.41 bits per heavy atom. The van der Waals surface area contributed by atoms with E-state index in [0.29, 0.717) is 6.41 Å². The highest BCUT2D eigenvalue weighted by atomic mass is 28.4. The molecule has 9 heteroatoms. The van der Waals surface area contributed by atoms with Gasteiger partial charge in [0.15, 0.2) is 0 Å². The Labute approximate surface area is 233 Å². The fourth-order valence-corrected chi connectivity index (χ4v) is 9.40. The zero-order chi connectivity index (χ0) is 29.3. The number of benzene rings is 2. The molecule has 214 valence electrons. The molecule has 2 N–H and O–H groups in total. The molecule has 2 aromatic rings. The Morgan fingerprint density at radius 3 is 1.82 bits per heavy atom. The maximum Gasteiger partial charge on any atom is 0.408 e. The van der Waals surface area contributed by atoms with Crippen LogP contribution in [0.4, 0.5) is 4.79 Å². The van der Waals surface area contributed by atoms with Crippen molar-refractivity contribution in [2.45, 2.75) is 84.0 Å². The van der Waals surface area contributed by atoms with Gasteiger partial charge >= 0.3 is 12.1 Å². The van der Waals surface area contributed by atoms with Gasteiger partial charge in [-0.25, -0.2) is 9.59 Å². The van der Waals surface area contributed by atoms with Gasteiger partial charge in [0.1, 0.15) is 11.6 Å². The Hall–Kier alpha value is -3.17. The molecule has 0 radical (unpaired) electrons. The lowest BCUT2D eigenvalue weighted by molar-refractivity contribution is -0.147. The summed E-state index contributed by atoms with van der Waals surface area (Å²) in [4.78, 5) is 37.1. The van der Waals surface area contributed by atoms with Gasteiger partial charge in [0.25, 0.3) is 8.32 Å². The predicted octanol–water partition coefficient (Wildman–Crippen LogP) is 3.91. The van der Waals surface area contributed by atoms with Crippen LogP contribution in [0.25, 0.3) is 0 Å². The Bertz CT molecular complexity index is 1040. The molecule has 0 saturated heterocycles. The van der Waals surface area contributed by atoms with E-state index < -0.39 is 37.6 Å². The molecule has 0 aromatic heterocycles. The van der Waals surface area contributed by atoms with Crippen LogP contribution in [0.3, 0.4) is 0 Å². The number of nitrogens with one attached hydrogen (secondary N) is 2. The third kappa shape index (κ3) is 8.66.